The molecular formula is C25H28ClN3O7. The molecule has 0 saturated carbocycles. The highest BCUT2D eigenvalue weighted by atomic mass is 35.5. The molecule has 3 aromatic rings. The van der Waals surface area contributed by atoms with Crippen LogP contribution in [-0.4, -0.2) is 40.4 Å². The van der Waals surface area contributed by atoms with Crippen LogP contribution in [0.4, 0.5) is 5.95 Å². The van der Waals surface area contributed by atoms with Crippen LogP contribution in [0, 0.1) is 0 Å². The summed E-state index contributed by atoms with van der Waals surface area (Å²) in [5.74, 6) is -0.338. The minimum absolute atomic E-state index is 0.00958. The van der Waals surface area contributed by atoms with E-state index in [0.29, 0.717) is 17.0 Å². The van der Waals surface area contributed by atoms with Crippen molar-refractivity contribution in [2.75, 3.05) is 12.3 Å². The van der Waals surface area contributed by atoms with Crippen LogP contribution in [-0.2, 0) is 23.7 Å². The van der Waals surface area contributed by atoms with Crippen molar-refractivity contribution in [3.63, 3.8) is 0 Å². The highest BCUT2D eigenvalue weighted by molar-refractivity contribution is 6.30. The first-order valence-corrected chi connectivity index (χ1v) is 12.3. The van der Waals surface area contributed by atoms with Crippen LogP contribution >= 0.6 is 11.6 Å². The fourth-order valence-electron chi connectivity index (χ4n) is 4.83. The SMILES string of the molecule is CCCCCC(=O)OC[C@H]1O[C@@H](c2coc3c(=O)[nH]c(N)nc23)[C@]2(C)OC(c3ccc(Cl)cc3)O[C@H]12. The number of carbonyl (C=O) groups excluding carboxylic acids is 1. The first kappa shape index (κ1) is 24.8. The summed E-state index contributed by atoms with van der Waals surface area (Å²) in [4.78, 5) is 31.3. The van der Waals surface area contributed by atoms with E-state index in [4.69, 9.17) is 40.7 Å². The van der Waals surface area contributed by atoms with Crippen LogP contribution in [0.2, 0.25) is 5.02 Å². The number of nitrogens with zero attached hydrogens (tertiary/aromatic N) is 1. The number of carbonyl (C=O) groups is 1. The average molecular weight is 518 g/mol. The first-order chi connectivity index (χ1) is 17.3. The number of furan rings is 1. The van der Waals surface area contributed by atoms with Crippen LogP contribution in [0.15, 0.2) is 39.7 Å². The molecule has 1 unspecified atom stereocenters. The van der Waals surface area contributed by atoms with E-state index in [1.54, 1.807) is 12.1 Å². The third-order valence-electron chi connectivity index (χ3n) is 6.66. The molecule has 2 fully saturated rings. The minimum atomic E-state index is -1.01. The summed E-state index contributed by atoms with van der Waals surface area (Å²) in [6.07, 6.45) is 1.84. The lowest BCUT2D eigenvalue weighted by atomic mass is 9.89. The number of fused-ring (bicyclic) bond motifs is 2. The largest absolute Gasteiger partial charge is 0.463 e. The van der Waals surface area contributed by atoms with Gasteiger partial charge in [0.25, 0.3) is 5.56 Å². The maximum absolute atomic E-state index is 12.3. The van der Waals surface area contributed by atoms with Crippen LogP contribution < -0.4 is 11.3 Å². The fraction of sp³-hybridized carbons (Fsp3) is 0.480. The van der Waals surface area contributed by atoms with Crippen LogP contribution in [0.3, 0.4) is 0 Å². The number of esters is 1. The molecule has 11 heteroatoms. The van der Waals surface area contributed by atoms with Gasteiger partial charge >= 0.3 is 5.97 Å². The van der Waals surface area contributed by atoms with Gasteiger partial charge in [-0.1, -0.05) is 43.5 Å². The van der Waals surface area contributed by atoms with E-state index in [1.165, 1.54) is 6.26 Å². The van der Waals surface area contributed by atoms with E-state index in [1.807, 2.05) is 19.1 Å². The summed E-state index contributed by atoms with van der Waals surface area (Å²) >= 11 is 6.05. The van der Waals surface area contributed by atoms with Crippen molar-refractivity contribution in [1.29, 1.82) is 0 Å². The van der Waals surface area contributed by atoms with Crippen LogP contribution in [0.1, 0.15) is 63.1 Å². The van der Waals surface area contributed by atoms with E-state index in [9.17, 15) is 9.59 Å². The molecule has 0 spiro atoms. The van der Waals surface area contributed by atoms with Gasteiger partial charge in [-0.15, -0.1) is 0 Å². The Bertz CT molecular complexity index is 1310. The minimum Gasteiger partial charge on any atom is -0.463 e. The number of hydrogen-bond acceptors (Lipinski definition) is 9. The first-order valence-electron chi connectivity index (χ1n) is 12.0. The number of nitrogen functional groups attached to an aromatic ring is 1. The number of anilines is 1. The summed E-state index contributed by atoms with van der Waals surface area (Å²) in [5, 5.41) is 0.593. The lowest BCUT2D eigenvalue weighted by Gasteiger charge is -2.27. The summed E-state index contributed by atoms with van der Waals surface area (Å²) < 4.78 is 30.2. The Morgan fingerprint density at radius 3 is 2.78 bits per heavy atom. The molecule has 192 valence electrons. The Morgan fingerprint density at radius 1 is 1.25 bits per heavy atom. The van der Waals surface area contributed by atoms with Crippen molar-refractivity contribution in [3.05, 3.63) is 57.0 Å². The van der Waals surface area contributed by atoms with Gasteiger partial charge in [0.05, 0.1) is 6.26 Å². The van der Waals surface area contributed by atoms with Gasteiger partial charge in [-0.05, 0) is 25.5 Å². The smallest absolute Gasteiger partial charge is 0.305 e. The van der Waals surface area contributed by atoms with Gasteiger partial charge in [-0.2, -0.15) is 0 Å². The number of nitrogens with one attached hydrogen (secondary N) is 1. The van der Waals surface area contributed by atoms with Crippen molar-refractivity contribution in [1.82, 2.24) is 9.97 Å². The molecule has 10 nitrogen and oxygen atoms in total. The van der Waals surface area contributed by atoms with Gasteiger partial charge < -0.3 is 29.1 Å². The van der Waals surface area contributed by atoms with Crippen LogP contribution in [0.5, 0.6) is 0 Å². The average Bonchev–Trinajstić information content (AvgIpc) is 3.48. The second-order valence-corrected chi connectivity index (χ2v) is 9.69. The molecule has 5 rings (SSSR count). The molecule has 5 atom stereocenters. The predicted molar refractivity (Wildman–Crippen MR) is 130 cm³/mol. The molecule has 2 aliphatic rings. The van der Waals surface area contributed by atoms with Gasteiger partial charge in [0.1, 0.15) is 36.0 Å². The zero-order valence-corrected chi connectivity index (χ0v) is 20.7. The topological polar surface area (TPSA) is 139 Å². The van der Waals surface area contributed by atoms with E-state index < -0.39 is 35.8 Å². The molecule has 2 saturated heterocycles. The number of hydrogen-bond donors (Lipinski definition) is 2. The lowest BCUT2D eigenvalue weighted by molar-refractivity contribution is -0.167. The molecule has 3 N–H and O–H groups in total. The lowest BCUT2D eigenvalue weighted by Crippen LogP contribution is -2.41. The Morgan fingerprint density at radius 2 is 2.03 bits per heavy atom. The Balaban J connectivity index is 1.45. The number of aromatic nitrogens is 2. The predicted octanol–water partition coefficient (Wildman–Crippen LogP) is 4.19. The second-order valence-electron chi connectivity index (χ2n) is 9.26. The number of H-pyrrole nitrogens is 1. The summed E-state index contributed by atoms with van der Waals surface area (Å²) in [6, 6.07) is 7.16. The Labute approximate surface area is 212 Å². The van der Waals surface area contributed by atoms with E-state index in [-0.39, 0.29) is 29.6 Å². The van der Waals surface area contributed by atoms with E-state index in [2.05, 4.69) is 16.9 Å². The summed E-state index contributed by atoms with van der Waals surface area (Å²) in [6.45, 7) is 3.92. The number of aromatic amines is 1. The van der Waals surface area contributed by atoms with Gasteiger partial charge in [-0.25, -0.2) is 4.98 Å². The number of ether oxygens (including phenoxy) is 4. The van der Waals surface area contributed by atoms with E-state index in [0.717, 1.165) is 24.8 Å². The molecule has 0 aliphatic carbocycles. The number of halogens is 1. The standard InChI is InChI=1S/C25H28ClN3O7/c1-3-4-5-6-17(30)32-12-16-21-25(2,36-23(35-21)13-7-9-14(26)10-8-13)20(34-16)15-11-33-19-18(15)28-24(27)29-22(19)31/h7-11,16,20-21,23H,3-6,12H2,1-2H3,(H3,27,28,29,31)/t16-,20+,21-,23?,25+/m1/s1. The van der Waals surface area contributed by atoms with Crippen molar-refractivity contribution < 1.29 is 28.2 Å². The van der Waals surface area contributed by atoms with Gasteiger partial charge in [-0.3, -0.25) is 14.6 Å². The molecule has 0 amide bonds. The molecule has 2 aliphatic heterocycles. The van der Waals surface area contributed by atoms with Crippen molar-refractivity contribution in [3.8, 4) is 0 Å². The molecule has 4 heterocycles. The summed E-state index contributed by atoms with van der Waals surface area (Å²) in [7, 11) is 0. The molecule has 36 heavy (non-hydrogen) atoms. The Kier molecular flexibility index (Phi) is 6.78. The third-order valence-corrected chi connectivity index (χ3v) is 6.91. The number of nitrogens with two attached hydrogens (primary N) is 1. The second kappa shape index (κ2) is 9.85. The quantitative estimate of drug-likeness (QED) is 0.332. The monoisotopic (exact) mass is 517 g/mol. The molecule has 1 aromatic carbocycles. The normalized spacial score (nSPS) is 27.4. The Hall–Kier alpha value is -2.92. The molecule has 0 bridgehead atoms. The molecule has 2 aromatic heterocycles. The summed E-state index contributed by atoms with van der Waals surface area (Å²) in [5.41, 5.74) is 5.85. The van der Waals surface area contributed by atoms with Gasteiger partial charge in [0, 0.05) is 22.6 Å². The molecule has 0 radical (unpaired) electrons. The number of rotatable bonds is 8. The maximum atomic E-state index is 12.3. The zero-order valence-electron chi connectivity index (χ0n) is 20.0. The highest BCUT2D eigenvalue weighted by Crippen LogP contribution is 2.54. The fourth-order valence-corrected chi connectivity index (χ4v) is 4.96. The van der Waals surface area contributed by atoms with E-state index >= 15 is 0 Å². The van der Waals surface area contributed by atoms with Crippen LogP contribution in [0.25, 0.3) is 11.1 Å². The maximum Gasteiger partial charge on any atom is 0.305 e. The number of benzene rings is 1. The highest BCUT2D eigenvalue weighted by Gasteiger charge is 2.62. The number of unbranched alkanes of at least 4 members (excludes halogenated alkanes) is 2. The third kappa shape index (κ3) is 4.50. The molecular weight excluding hydrogens is 490 g/mol. The van der Waals surface area contributed by atoms with Crippen molar-refractivity contribution in [2.45, 2.75) is 69.7 Å². The van der Waals surface area contributed by atoms with Gasteiger partial charge in [0.15, 0.2) is 6.29 Å². The van der Waals surface area contributed by atoms with Gasteiger partial charge in [0.2, 0.25) is 11.5 Å². The van der Waals surface area contributed by atoms with Crippen molar-refractivity contribution >= 4 is 34.6 Å². The zero-order chi connectivity index (χ0) is 25.4. The van der Waals surface area contributed by atoms with Crippen molar-refractivity contribution in [2.24, 2.45) is 0 Å².